The number of hydrogen-bond acceptors (Lipinski definition) is 2. The highest BCUT2D eigenvalue weighted by Crippen LogP contribution is 2.29. The van der Waals surface area contributed by atoms with Gasteiger partial charge in [0.25, 0.3) is 0 Å². The van der Waals surface area contributed by atoms with Gasteiger partial charge in [0.15, 0.2) is 0 Å². The lowest BCUT2D eigenvalue weighted by molar-refractivity contribution is 0.536. The smallest absolute Gasteiger partial charge is 0.0369 e. The molecule has 0 saturated heterocycles. The van der Waals surface area contributed by atoms with Gasteiger partial charge in [0, 0.05) is 24.3 Å². The fourth-order valence-electron chi connectivity index (χ4n) is 3.04. The van der Waals surface area contributed by atoms with Gasteiger partial charge in [-0.1, -0.05) is 38.8 Å². The Hall–Kier alpha value is -1.02. The van der Waals surface area contributed by atoms with Crippen LogP contribution >= 0.6 is 0 Å². The molecule has 0 bridgehead atoms. The summed E-state index contributed by atoms with van der Waals surface area (Å²) in [5, 5.41) is 0. The summed E-state index contributed by atoms with van der Waals surface area (Å²) in [5.41, 5.74) is 8.52. The zero-order valence-electron chi connectivity index (χ0n) is 12.6. The molecule has 19 heavy (non-hydrogen) atoms. The molecule has 0 amide bonds. The zero-order chi connectivity index (χ0) is 13.8. The van der Waals surface area contributed by atoms with Gasteiger partial charge < -0.3 is 10.6 Å². The van der Waals surface area contributed by atoms with Crippen molar-refractivity contribution in [2.45, 2.75) is 58.5 Å². The summed E-state index contributed by atoms with van der Waals surface area (Å²) in [6.45, 7) is 7.80. The molecule has 1 aliphatic rings. The summed E-state index contributed by atoms with van der Waals surface area (Å²) in [4.78, 5) is 2.61. The van der Waals surface area contributed by atoms with Gasteiger partial charge in [-0.3, -0.25) is 0 Å². The second kappa shape index (κ2) is 6.42. The summed E-state index contributed by atoms with van der Waals surface area (Å²) >= 11 is 0. The van der Waals surface area contributed by atoms with Crippen molar-refractivity contribution in [2.24, 2.45) is 11.7 Å². The van der Waals surface area contributed by atoms with E-state index in [-0.39, 0.29) is 6.04 Å². The number of rotatable bonds is 5. The molecule has 1 fully saturated rings. The maximum Gasteiger partial charge on any atom is 0.0369 e. The van der Waals surface area contributed by atoms with E-state index in [1.54, 1.807) is 0 Å². The average molecular weight is 260 g/mol. The van der Waals surface area contributed by atoms with E-state index in [9.17, 15) is 0 Å². The molecule has 106 valence electrons. The van der Waals surface area contributed by atoms with Crippen LogP contribution in [-0.4, -0.2) is 12.6 Å². The van der Waals surface area contributed by atoms with E-state index in [0.29, 0.717) is 5.92 Å². The first-order chi connectivity index (χ1) is 9.08. The minimum atomic E-state index is 0.124. The van der Waals surface area contributed by atoms with Crippen molar-refractivity contribution in [2.75, 3.05) is 11.4 Å². The van der Waals surface area contributed by atoms with Crippen LogP contribution in [0.15, 0.2) is 24.3 Å². The number of nitrogens with two attached hydrogens (primary N) is 1. The normalized spacial score (nSPS) is 17.9. The van der Waals surface area contributed by atoms with Crippen LogP contribution in [0, 0.1) is 5.92 Å². The summed E-state index contributed by atoms with van der Waals surface area (Å²) in [7, 11) is 0. The molecule has 0 unspecified atom stereocenters. The molecule has 1 atom stereocenters. The van der Waals surface area contributed by atoms with E-state index in [2.05, 4.69) is 43.0 Å². The second-order valence-corrected chi connectivity index (χ2v) is 6.36. The molecular weight excluding hydrogens is 232 g/mol. The molecule has 1 aromatic carbocycles. The lowest BCUT2D eigenvalue weighted by Gasteiger charge is -2.33. The Balaban J connectivity index is 2.16. The van der Waals surface area contributed by atoms with Crippen LogP contribution in [-0.2, 0) is 0 Å². The summed E-state index contributed by atoms with van der Waals surface area (Å²) in [5.74, 6) is 0.703. The van der Waals surface area contributed by atoms with E-state index >= 15 is 0 Å². The van der Waals surface area contributed by atoms with Crippen LogP contribution in [0.25, 0.3) is 0 Å². The van der Waals surface area contributed by atoms with Crippen LogP contribution in [0.3, 0.4) is 0 Å². The molecule has 2 N–H and O–H groups in total. The Bertz CT molecular complexity index is 375. The molecule has 1 aliphatic carbocycles. The number of hydrogen-bond donors (Lipinski definition) is 1. The van der Waals surface area contributed by atoms with Crippen LogP contribution in [0.1, 0.15) is 58.1 Å². The lowest BCUT2D eigenvalue weighted by Crippen LogP contribution is -2.36. The summed E-state index contributed by atoms with van der Waals surface area (Å²) in [6, 6.07) is 9.73. The Kier molecular flexibility index (Phi) is 4.87. The van der Waals surface area contributed by atoms with Gasteiger partial charge in [-0.2, -0.15) is 0 Å². The van der Waals surface area contributed by atoms with Gasteiger partial charge in [0.1, 0.15) is 0 Å². The van der Waals surface area contributed by atoms with E-state index in [1.807, 2.05) is 6.92 Å². The summed E-state index contributed by atoms with van der Waals surface area (Å²) < 4.78 is 0. The molecule has 0 heterocycles. The Morgan fingerprint density at radius 3 is 2.16 bits per heavy atom. The average Bonchev–Trinajstić information content (AvgIpc) is 2.89. The number of anilines is 1. The van der Waals surface area contributed by atoms with Gasteiger partial charge in [-0.25, -0.2) is 0 Å². The second-order valence-electron chi connectivity index (χ2n) is 6.36. The van der Waals surface area contributed by atoms with Crippen LogP contribution < -0.4 is 10.6 Å². The van der Waals surface area contributed by atoms with Gasteiger partial charge >= 0.3 is 0 Å². The topological polar surface area (TPSA) is 29.3 Å². The van der Waals surface area contributed by atoms with Crippen molar-refractivity contribution in [3.05, 3.63) is 29.8 Å². The molecule has 0 radical (unpaired) electrons. The number of benzene rings is 1. The van der Waals surface area contributed by atoms with Crippen molar-refractivity contribution in [3.8, 4) is 0 Å². The third kappa shape index (κ3) is 3.73. The predicted molar refractivity (Wildman–Crippen MR) is 83.5 cm³/mol. The highest BCUT2D eigenvalue weighted by atomic mass is 15.2. The van der Waals surface area contributed by atoms with Crippen molar-refractivity contribution in [1.82, 2.24) is 0 Å². The Labute approximate surface area is 118 Å². The molecule has 0 aliphatic heterocycles. The van der Waals surface area contributed by atoms with Crippen molar-refractivity contribution < 1.29 is 0 Å². The minimum Gasteiger partial charge on any atom is -0.368 e. The first kappa shape index (κ1) is 14.4. The third-order valence-electron chi connectivity index (χ3n) is 4.08. The van der Waals surface area contributed by atoms with Crippen molar-refractivity contribution in [3.63, 3.8) is 0 Å². The molecular formula is C17H28N2. The van der Waals surface area contributed by atoms with Crippen LogP contribution in [0.4, 0.5) is 5.69 Å². The fraction of sp³-hybridized carbons (Fsp3) is 0.647. The summed E-state index contributed by atoms with van der Waals surface area (Å²) in [6.07, 6.45) is 5.47. The van der Waals surface area contributed by atoms with Gasteiger partial charge in [-0.15, -0.1) is 0 Å². The first-order valence-electron chi connectivity index (χ1n) is 7.70. The van der Waals surface area contributed by atoms with Gasteiger partial charge in [0.2, 0.25) is 0 Å². The van der Waals surface area contributed by atoms with E-state index in [1.165, 1.54) is 36.9 Å². The fourth-order valence-corrected chi connectivity index (χ4v) is 3.04. The lowest BCUT2D eigenvalue weighted by atomic mass is 10.1. The highest BCUT2D eigenvalue weighted by Gasteiger charge is 2.23. The monoisotopic (exact) mass is 260 g/mol. The molecule has 0 spiro atoms. The standard InChI is InChI=1S/C17H28N2/c1-13(2)12-19(16-6-4-5-7-16)17-10-8-15(9-11-17)14(3)18/h8-11,13-14,16H,4-7,12,18H2,1-3H3/t14-/m1/s1. The number of nitrogens with zero attached hydrogens (tertiary/aromatic N) is 1. The van der Waals surface area contributed by atoms with E-state index < -0.39 is 0 Å². The highest BCUT2D eigenvalue weighted by molar-refractivity contribution is 5.49. The molecule has 1 saturated carbocycles. The Morgan fingerprint density at radius 2 is 1.68 bits per heavy atom. The molecule has 1 aromatic rings. The third-order valence-corrected chi connectivity index (χ3v) is 4.08. The minimum absolute atomic E-state index is 0.124. The van der Waals surface area contributed by atoms with E-state index in [0.717, 1.165) is 12.6 Å². The zero-order valence-corrected chi connectivity index (χ0v) is 12.6. The van der Waals surface area contributed by atoms with Crippen LogP contribution in [0.5, 0.6) is 0 Å². The quantitative estimate of drug-likeness (QED) is 0.863. The van der Waals surface area contributed by atoms with Gasteiger partial charge in [0.05, 0.1) is 0 Å². The van der Waals surface area contributed by atoms with E-state index in [4.69, 9.17) is 5.73 Å². The van der Waals surface area contributed by atoms with Crippen molar-refractivity contribution in [1.29, 1.82) is 0 Å². The SMILES string of the molecule is CC(C)CN(c1ccc([C@@H](C)N)cc1)C1CCCC1. The maximum atomic E-state index is 5.93. The van der Waals surface area contributed by atoms with Gasteiger partial charge in [-0.05, 0) is 43.4 Å². The van der Waals surface area contributed by atoms with Crippen LogP contribution in [0.2, 0.25) is 0 Å². The van der Waals surface area contributed by atoms with Crippen molar-refractivity contribution >= 4 is 5.69 Å². The maximum absolute atomic E-state index is 5.93. The largest absolute Gasteiger partial charge is 0.368 e. The predicted octanol–water partition coefficient (Wildman–Crippen LogP) is 4.11. The molecule has 2 nitrogen and oxygen atoms in total. The first-order valence-corrected chi connectivity index (χ1v) is 7.70. The molecule has 2 rings (SSSR count). The molecule has 0 aromatic heterocycles. The Morgan fingerprint density at radius 1 is 1.11 bits per heavy atom. The molecule has 2 heteroatoms.